The molecule has 0 fully saturated rings. The van der Waals surface area contributed by atoms with Crippen molar-refractivity contribution in [3.8, 4) is 0 Å². The Balaban J connectivity index is 2.60. The maximum absolute atomic E-state index is 9.27. The van der Waals surface area contributed by atoms with Gasteiger partial charge in [-0.15, -0.1) is 0 Å². The first-order valence-electron chi connectivity index (χ1n) is 3.80. The first kappa shape index (κ1) is 7.31. The van der Waals surface area contributed by atoms with Crippen molar-refractivity contribution in [2.75, 3.05) is 0 Å². The molecule has 0 radical (unpaired) electrons. The van der Waals surface area contributed by atoms with Crippen molar-refractivity contribution < 1.29 is 9.63 Å². The summed E-state index contributed by atoms with van der Waals surface area (Å²) < 4.78 is 4.92. The fourth-order valence-electron chi connectivity index (χ4n) is 1.15. The van der Waals surface area contributed by atoms with E-state index in [0.29, 0.717) is 0 Å². The number of aromatic nitrogens is 1. The number of fused-ring (bicyclic) bond motifs is 1. The summed E-state index contributed by atoms with van der Waals surface area (Å²) in [4.78, 5) is 0. The zero-order chi connectivity index (χ0) is 8.55. The van der Waals surface area contributed by atoms with Crippen molar-refractivity contribution >= 4 is 11.0 Å². The minimum absolute atomic E-state index is 0.440. The van der Waals surface area contributed by atoms with Crippen LogP contribution in [0.4, 0.5) is 0 Å². The van der Waals surface area contributed by atoms with Crippen LogP contribution in [0.3, 0.4) is 0 Å². The van der Waals surface area contributed by atoms with Gasteiger partial charge in [0, 0.05) is 5.39 Å². The average molecular weight is 163 g/mol. The third-order valence-corrected chi connectivity index (χ3v) is 1.86. The summed E-state index contributed by atoms with van der Waals surface area (Å²) in [6.07, 6.45) is 1.20. The van der Waals surface area contributed by atoms with E-state index in [9.17, 15) is 5.11 Å². The first-order valence-corrected chi connectivity index (χ1v) is 3.80. The van der Waals surface area contributed by atoms with E-state index < -0.39 is 6.10 Å². The molecule has 0 saturated carbocycles. The Morgan fingerprint density at radius 2 is 2.33 bits per heavy atom. The Morgan fingerprint density at radius 1 is 1.50 bits per heavy atom. The van der Waals surface area contributed by atoms with Gasteiger partial charge in [0.25, 0.3) is 0 Å². The van der Waals surface area contributed by atoms with Crippen molar-refractivity contribution in [3.05, 3.63) is 30.0 Å². The van der Waals surface area contributed by atoms with Gasteiger partial charge in [-0.3, -0.25) is 0 Å². The van der Waals surface area contributed by atoms with Crippen molar-refractivity contribution in [3.63, 3.8) is 0 Å². The molecule has 0 saturated heterocycles. The van der Waals surface area contributed by atoms with Gasteiger partial charge in [0.05, 0.1) is 12.3 Å². The second-order valence-electron chi connectivity index (χ2n) is 2.80. The van der Waals surface area contributed by atoms with Gasteiger partial charge in [-0.25, -0.2) is 0 Å². The van der Waals surface area contributed by atoms with Crippen LogP contribution in [0.5, 0.6) is 0 Å². The average Bonchev–Trinajstić information content (AvgIpc) is 2.49. The van der Waals surface area contributed by atoms with Crippen LogP contribution in [0.2, 0.25) is 0 Å². The Bertz CT molecular complexity index is 392. The van der Waals surface area contributed by atoms with Gasteiger partial charge in [-0.05, 0) is 24.6 Å². The Kier molecular flexibility index (Phi) is 1.59. The van der Waals surface area contributed by atoms with Crippen LogP contribution in [-0.2, 0) is 0 Å². The molecule has 2 aromatic rings. The quantitative estimate of drug-likeness (QED) is 0.698. The number of nitrogens with zero attached hydrogens (tertiary/aromatic N) is 1. The summed E-state index contributed by atoms with van der Waals surface area (Å²) in [6, 6.07) is 5.51. The highest BCUT2D eigenvalue weighted by molar-refractivity contribution is 5.76. The zero-order valence-corrected chi connectivity index (χ0v) is 6.69. The molecule has 1 heterocycles. The monoisotopic (exact) mass is 163 g/mol. The second kappa shape index (κ2) is 2.60. The van der Waals surface area contributed by atoms with Crippen molar-refractivity contribution in [1.29, 1.82) is 0 Å². The third-order valence-electron chi connectivity index (χ3n) is 1.86. The smallest absolute Gasteiger partial charge is 0.166 e. The first-order chi connectivity index (χ1) is 5.77. The maximum atomic E-state index is 9.27. The third kappa shape index (κ3) is 1.08. The number of benzene rings is 1. The second-order valence-corrected chi connectivity index (χ2v) is 2.80. The van der Waals surface area contributed by atoms with Gasteiger partial charge in [-0.1, -0.05) is 11.2 Å². The molecule has 12 heavy (non-hydrogen) atoms. The van der Waals surface area contributed by atoms with Crippen LogP contribution in [0.15, 0.2) is 28.9 Å². The molecule has 1 aromatic heterocycles. The molecule has 0 bridgehead atoms. The van der Waals surface area contributed by atoms with E-state index in [2.05, 4.69) is 5.16 Å². The highest BCUT2D eigenvalue weighted by Gasteiger charge is 2.03. The SMILES string of the molecule is CC(O)c1ccc2oncc2c1. The van der Waals surface area contributed by atoms with Crippen LogP contribution in [-0.4, -0.2) is 10.3 Å². The van der Waals surface area contributed by atoms with Gasteiger partial charge in [0.2, 0.25) is 0 Å². The lowest BCUT2D eigenvalue weighted by Gasteiger charge is -2.02. The van der Waals surface area contributed by atoms with E-state index >= 15 is 0 Å². The molecule has 3 nitrogen and oxygen atoms in total. The lowest BCUT2D eigenvalue weighted by atomic mass is 10.1. The number of hydrogen-bond donors (Lipinski definition) is 1. The van der Waals surface area contributed by atoms with Crippen molar-refractivity contribution in [2.24, 2.45) is 0 Å². The molecule has 3 heteroatoms. The summed E-state index contributed by atoms with van der Waals surface area (Å²) in [6.45, 7) is 1.73. The van der Waals surface area contributed by atoms with Gasteiger partial charge in [-0.2, -0.15) is 0 Å². The molecular weight excluding hydrogens is 154 g/mol. The van der Waals surface area contributed by atoms with Crippen LogP contribution < -0.4 is 0 Å². The molecule has 0 aliphatic heterocycles. The van der Waals surface area contributed by atoms with Gasteiger partial charge < -0.3 is 9.63 Å². The summed E-state index contributed by atoms with van der Waals surface area (Å²) in [5.74, 6) is 0. The largest absolute Gasteiger partial charge is 0.389 e. The highest BCUT2D eigenvalue weighted by Crippen LogP contribution is 2.19. The summed E-state index contributed by atoms with van der Waals surface area (Å²) >= 11 is 0. The normalized spacial score (nSPS) is 13.5. The molecule has 1 unspecified atom stereocenters. The van der Waals surface area contributed by atoms with Crippen molar-refractivity contribution in [2.45, 2.75) is 13.0 Å². The molecule has 1 N–H and O–H groups in total. The molecule has 0 aliphatic rings. The van der Waals surface area contributed by atoms with Crippen LogP contribution >= 0.6 is 0 Å². The standard InChI is InChI=1S/C9H9NO2/c1-6(11)7-2-3-9-8(4-7)5-10-12-9/h2-6,11H,1H3. The van der Waals surface area contributed by atoms with Gasteiger partial charge >= 0.3 is 0 Å². The Morgan fingerprint density at radius 3 is 3.08 bits per heavy atom. The summed E-state index contributed by atoms with van der Waals surface area (Å²) in [7, 11) is 0. The van der Waals surface area contributed by atoms with Crippen LogP contribution in [0.25, 0.3) is 11.0 Å². The molecule has 0 spiro atoms. The van der Waals surface area contributed by atoms with E-state index in [4.69, 9.17) is 4.52 Å². The van der Waals surface area contributed by atoms with E-state index in [0.717, 1.165) is 16.5 Å². The minimum atomic E-state index is -0.440. The number of aliphatic hydroxyl groups is 1. The van der Waals surface area contributed by atoms with Crippen molar-refractivity contribution in [1.82, 2.24) is 5.16 Å². The minimum Gasteiger partial charge on any atom is -0.389 e. The lowest BCUT2D eigenvalue weighted by molar-refractivity contribution is 0.199. The lowest BCUT2D eigenvalue weighted by Crippen LogP contribution is -1.88. The Labute approximate surface area is 69.6 Å². The fraction of sp³-hybridized carbons (Fsp3) is 0.222. The predicted molar refractivity (Wildman–Crippen MR) is 44.6 cm³/mol. The highest BCUT2D eigenvalue weighted by atomic mass is 16.5. The maximum Gasteiger partial charge on any atom is 0.166 e. The zero-order valence-electron chi connectivity index (χ0n) is 6.69. The summed E-state index contributed by atoms with van der Waals surface area (Å²) in [5, 5.41) is 13.8. The van der Waals surface area contributed by atoms with Gasteiger partial charge in [0.1, 0.15) is 0 Å². The van der Waals surface area contributed by atoms with E-state index in [-0.39, 0.29) is 0 Å². The molecule has 2 rings (SSSR count). The molecule has 0 aliphatic carbocycles. The summed E-state index contributed by atoms with van der Waals surface area (Å²) in [5.41, 5.74) is 1.63. The predicted octanol–water partition coefficient (Wildman–Crippen LogP) is 1.88. The number of aliphatic hydroxyl groups excluding tert-OH is 1. The van der Waals surface area contributed by atoms with E-state index in [1.807, 2.05) is 18.2 Å². The van der Waals surface area contributed by atoms with E-state index in [1.54, 1.807) is 13.1 Å². The van der Waals surface area contributed by atoms with E-state index in [1.165, 1.54) is 0 Å². The molecule has 62 valence electrons. The number of hydrogen-bond acceptors (Lipinski definition) is 3. The molecular formula is C9H9NO2. The number of rotatable bonds is 1. The molecule has 1 aromatic carbocycles. The molecule has 0 amide bonds. The van der Waals surface area contributed by atoms with Crippen LogP contribution in [0, 0.1) is 0 Å². The topological polar surface area (TPSA) is 46.3 Å². The fourth-order valence-corrected chi connectivity index (χ4v) is 1.15. The Hall–Kier alpha value is -1.35. The molecule has 1 atom stereocenters. The van der Waals surface area contributed by atoms with Crippen LogP contribution in [0.1, 0.15) is 18.6 Å². The van der Waals surface area contributed by atoms with Gasteiger partial charge in [0.15, 0.2) is 5.58 Å².